The molecule has 7 heteroatoms. The van der Waals surface area contributed by atoms with Gasteiger partial charge in [-0.2, -0.15) is 0 Å². The zero-order chi connectivity index (χ0) is 22.2. The zero-order valence-corrected chi connectivity index (χ0v) is 18.0. The number of hydrogen-bond acceptors (Lipinski definition) is 4. The van der Waals surface area contributed by atoms with Crippen molar-refractivity contribution in [1.82, 2.24) is 0 Å². The third-order valence-electron chi connectivity index (χ3n) is 4.63. The first-order valence-electron chi connectivity index (χ1n) is 9.67. The molecule has 0 aliphatic rings. The van der Waals surface area contributed by atoms with Crippen molar-refractivity contribution in [2.45, 2.75) is 12.8 Å². The van der Waals surface area contributed by atoms with Crippen molar-refractivity contribution in [3.8, 4) is 11.5 Å². The number of ether oxygens (including phenoxy) is 2. The van der Waals surface area contributed by atoms with E-state index in [4.69, 9.17) is 21.1 Å². The molecule has 2 N–H and O–H groups in total. The minimum Gasteiger partial charge on any atom is -0.494 e. The SMILES string of the molecule is COc1cc(NC(=O)c2ccccc2)c(OC)cc1NC(=O)CCc1ccc(Cl)cc1. The third-order valence-corrected chi connectivity index (χ3v) is 4.89. The Hall–Kier alpha value is -3.51. The van der Waals surface area contributed by atoms with Gasteiger partial charge >= 0.3 is 0 Å². The molecule has 0 aliphatic heterocycles. The lowest BCUT2D eigenvalue weighted by Gasteiger charge is -2.16. The second-order valence-electron chi connectivity index (χ2n) is 6.75. The highest BCUT2D eigenvalue weighted by Crippen LogP contribution is 2.36. The van der Waals surface area contributed by atoms with Crippen LogP contribution in [0.1, 0.15) is 22.3 Å². The number of anilines is 2. The highest BCUT2D eigenvalue weighted by molar-refractivity contribution is 6.30. The van der Waals surface area contributed by atoms with E-state index in [-0.39, 0.29) is 11.8 Å². The van der Waals surface area contributed by atoms with Crippen molar-refractivity contribution < 1.29 is 19.1 Å². The summed E-state index contributed by atoms with van der Waals surface area (Å²) in [5, 5.41) is 6.32. The van der Waals surface area contributed by atoms with Gasteiger partial charge in [-0.1, -0.05) is 41.9 Å². The van der Waals surface area contributed by atoms with Crippen LogP contribution in [-0.2, 0) is 11.2 Å². The smallest absolute Gasteiger partial charge is 0.255 e. The van der Waals surface area contributed by atoms with Gasteiger partial charge < -0.3 is 20.1 Å². The molecular formula is C24H23ClN2O4. The molecule has 3 aromatic carbocycles. The van der Waals surface area contributed by atoms with E-state index in [2.05, 4.69) is 10.6 Å². The zero-order valence-electron chi connectivity index (χ0n) is 17.3. The third kappa shape index (κ3) is 5.99. The Kier molecular flexibility index (Phi) is 7.51. The van der Waals surface area contributed by atoms with Crippen LogP contribution in [0.3, 0.4) is 0 Å². The summed E-state index contributed by atoms with van der Waals surface area (Å²) >= 11 is 5.89. The summed E-state index contributed by atoms with van der Waals surface area (Å²) in [6, 6.07) is 19.5. The Balaban J connectivity index is 1.72. The number of methoxy groups -OCH3 is 2. The maximum absolute atomic E-state index is 12.5. The van der Waals surface area contributed by atoms with Gasteiger partial charge in [0.2, 0.25) is 5.91 Å². The Morgan fingerprint density at radius 3 is 2.00 bits per heavy atom. The van der Waals surface area contributed by atoms with E-state index >= 15 is 0 Å². The van der Waals surface area contributed by atoms with Crippen LogP contribution in [0.25, 0.3) is 0 Å². The van der Waals surface area contributed by atoms with Crippen molar-refractivity contribution in [3.05, 3.63) is 82.9 Å². The van der Waals surface area contributed by atoms with Crippen LogP contribution in [0, 0.1) is 0 Å². The van der Waals surface area contributed by atoms with Crippen LogP contribution in [0.2, 0.25) is 5.02 Å². The Labute approximate surface area is 186 Å². The molecule has 3 aromatic rings. The fourth-order valence-corrected chi connectivity index (χ4v) is 3.12. The highest BCUT2D eigenvalue weighted by atomic mass is 35.5. The average Bonchev–Trinajstić information content (AvgIpc) is 2.79. The quantitative estimate of drug-likeness (QED) is 0.508. The van der Waals surface area contributed by atoms with Gasteiger partial charge in [0.05, 0.1) is 25.6 Å². The second-order valence-corrected chi connectivity index (χ2v) is 7.18. The topological polar surface area (TPSA) is 76.7 Å². The Morgan fingerprint density at radius 1 is 0.839 bits per heavy atom. The van der Waals surface area contributed by atoms with Crippen molar-refractivity contribution in [2.24, 2.45) is 0 Å². The average molecular weight is 439 g/mol. The van der Waals surface area contributed by atoms with E-state index in [1.54, 1.807) is 48.5 Å². The molecule has 0 unspecified atom stereocenters. The summed E-state index contributed by atoms with van der Waals surface area (Å²) in [6.45, 7) is 0. The van der Waals surface area contributed by atoms with Gasteiger partial charge in [0.15, 0.2) is 0 Å². The van der Waals surface area contributed by atoms with Crippen LogP contribution in [-0.4, -0.2) is 26.0 Å². The molecule has 0 atom stereocenters. The van der Waals surface area contributed by atoms with Crippen molar-refractivity contribution in [2.75, 3.05) is 24.9 Å². The molecule has 0 saturated heterocycles. The number of carbonyl (C=O) groups excluding carboxylic acids is 2. The predicted molar refractivity (Wildman–Crippen MR) is 122 cm³/mol. The molecule has 0 radical (unpaired) electrons. The minimum absolute atomic E-state index is 0.170. The van der Waals surface area contributed by atoms with Gasteiger partial charge in [0.1, 0.15) is 11.5 Å². The lowest BCUT2D eigenvalue weighted by Crippen LogP contribution is -2.15. The maximum atomic E-state index is 12.5. The first-order chi connectivity index (χ1) is 15.0. The molecule has 6 nitrogen and oxygen atoms in total. The standard InChI is InChI=1S/C24H23ClN2O4/c1-30-21-15-20(27-24(29)17-6-4-3-5-7-17)22(31-2)14-19(21)26-23(28)13-10-16-8-11-18(25)12-9-16/h3-9,11-12,14-15H,10,13H2,1-2H3,(H,26,28)(H,27,29). The van der Waals surface area contributed by atoms with E-state index in [0.29, 0.717) is 46.3 Å². The van der Waals surface area contributed by atoms with Crippen LogP contribution >= 0.6 is 11.6 Å². The predicted octanol–water partition coefficient (Wildman–Crippen LogP) is 5.18. The van der Waals surface area contributed by atoms with Gasteiger partial charge in [0, 0.05) is 29.1 Å². The molecule has 2 amide bonds. The Bertz CT molecular complexity index is 1050. The van der Waals surface area contributed by atoms with E-state index in [0.717, 1.165) is 5.56 Å². The van der Waals surface area contributed by atoms with E-state index in [1.807, 2.05) is 18.2 Å². The summed E-state index contributed by atoms with van der Waals surface area (Å²) in [4.78, 5) is 25.0. The van der Waals surface area contributed by atoms with Gasteiger partial charge in [-0.25, -0.2) is 0 Å². The number of benzene rings is 3. The molecule has 0 saturated carbocycles. The molecule has 0 aliphatic carbocycles. The van der Waals surface area contributed by atoms with Gasteiger partial charge in [0.25, 0.3) is 5.91 Å². The largest absolute Gasteiger partial charge is 0.494 e. The fraction of sp³-hybridized carbons (Fsp3) is 0.167. The van der Waals surface area contributed by atoms with Crippen molar-refractivity contribution in [3.63, 3.8) is 0 Å². The summed E-state index contributed by atoms with van der Waals surface area (Å²) < 4.78 is 10.8. The van der Waals surface area contributed by atoms with Crippen LogP contribution in [0.4, 0.5) is 11.4 Å². The summed E-state index contributed by atoms with van der Waals surface area (Å²) in [5.74, 6) is 0.360. The number of hydrogen-bond donors (Lipinski definition) is 2. The minimum atomic E-state index is -0.277. The molecule has 160 valence electrons. The number of nitrogens with one attached hydrogen (secondary N) is 2. The first-order valence-corrected chi connectivity index (χ1v) is 10.0. The monoisotopic (exact) mass is 438 g/mol. The number of aryl methyl sites for hydroxylation is 1. The fourth-order valence-electron chi connectivity index (χ4n) is 3.00. The van der Waals surface area contributed by atoms with Crippen molar-refractivity contribution >= 4 is 34.8 Å². The Morgan fingerprint density at radius 2 is 1.42 bits per heavy atom. The van der Waals surface area contributed by atoms with Crippen LogP contribution in [0.15, 0.2) is 66.7 Å². The summed E-state index contributed by atoms with van der Waals surface area (Å²) in [6.07, 6.45) is 0.868. The molecule has 31 heavy (non-hydrogen) atoms. The molecule has 3 rings (SSSR count). The van der Waals surface area contributed by atoms with E-state index in [1.165, 1.54) is 14.2 Å². The molecular weight excluding hydrogens is 416 g/mol. The van der Waals surface area contributed by atoms with Crippen LogP contribution < -0.4 is 20.1 Å². The normalized spacial score (nSPS) is 10.3. The maximum Gasteiger partial charge on any atom is 0.255 e. The molecule has 0 spiro atoms. The van der Waals surface area contributed by atoms with Gasteiger partial charge in [-0.3, -0.25) is 9.59 Å². The number of rotatable bonds is 8. The van der Waals surface area contributed by atoms with Crippen molar-refractivity contribution in [1.29, 1.82) is 0 Å². The summed E-state index contributed by atoms with van der Waals surface area (Å²) in [7, 11) is 2.99. The lowest BCUT2D eigenvalue weighted by molar-refractivity contribution is -0.116. The summed E-state index contributed by atoms with van der Waals surface area (Å²) in [5.41, 5.74) is 2.43. The van der Waals surface area contributed by atoms with Gasteiger partial charge in [-0.15, -0.1) is 0 Å². The van der Waals surface area contributed by atoms with E-state index in [9.17, 15) is 9.59 Å². The van der Waals surface area contributed by atoms with Crippen LogP contribution in [0.5, 0.6) is 11.5 Å². The molecule has 0 aromatic heterocycles. The molecule has 0 fully saturated rings. The van der Waals surface area contributed by atoms with Gasteiger partial charge in [-0.05, 0) is 36.2 Å². The molecule has 0 bridgehead atoms. The van der Waals surface area contributed by atoms with E-state index < -0.39 is 0 Å². The highest BCUT2D eigenvalue weighted by Gasteiger charge is 2.16. The molecule has 0 heterocycles. The lowest BCUT2D eigenvalue weighted by atomic mass is 10.1. The second kappa shape index (κ2) is 10.5. The first kappa shape index (κ1) is 22.2. The number of amides is 2. The number of halogens is 1. The number of carbonyl (C=O) groups is 2.